The Labute approximate surface area is 79.2 Å². The van der Waals surface area contributed by atoms with Crippen molar-refractivity contribution in [2.75, 3.05) is 0 Å². The smallest absolute Gasteiger partial charge is 0.419 e. The van der Waals surface area contributed by atoms with Gasteiger partial charge in [0.2, 0.25) is 4.93 Å². The lowest BCUT2D eigenvalue weighted by Gasteiger charge is -2.30. The Morgan fingerprint density at radius 3 is 1.69 bits per heavy atom. The largest absolute Gasteiger partial charge is 0.435 e. The Morgan fingerprint density at radius 1 is 1.08 bits per heavy atom. The first kappa shape index (κ1) is 12.4. The van der Waals surface area contributed by atoms with Crippen LogP contribution in [0.1, 0.15) is 34.6 Å². The minimum atomic E-state index is -3.52. The molecule has 1 radical (unpaired) electrons. The highest BCUT2D eigenvalue weighted by atomic mass is 32.2. The SMILES string of the molecule is CC(C)(C)S(=O)(=O)C(C)(C)O[C]=O. The van der Waals surface area contributed by atoms with Crippen LogP contribution in [-0.4, -0.2) is 24.6 Å². The van der Waals surface area contributed by atoms with Crippen molar-refractivity contribution in [2.24, 2.45) is 0 Å². The molecule has 0 amide bonds. The normalized spacial score (nSPS) is 13.9. The third kappa shape index (κ3) is 2.21. The number of sulfone groups is 1. The summed E-state index contributed by atoms with van der Waals surface area (Å²) in [4.78, 5) is 8.46. The lowest BCUT2D eigenvalue weighted by atomic mass is 10.3. The Kier molecular flexibility index (Phi) is 3.14. The van der Waals surface area contributed by atoms with E-state index in [4.69, 9.17) is 0 Å². The van der Waals surface area contributed by atoms with E-state index in [0.29, 0.717) is 0 Å². The fourth-order valence-electron chi connectivity index (χ4n) is 0.893. The zero-order chi connectivity index (χ0) is 10.9. The lowest BCUT2D eigenvalue weighted by molar-refractivity contribution is 0.164. The Morgan fingerprint density at radius 2 is 1.46 bits per heavy atom. The molecule has 0 unspecified atom stereocenters. The van der Waals surface area contributed by atoms with Gasteiger partial charge in [0.15, 0.2) is 9.84 Å². The highest BCUT2D eigenvalue weighted by Gasteiger charge is 2.45. The van der Waals surface area contributed by atoms with E-state index in [1.54, 1.807) is 20.8 Å². The molecule has 0 aromatic carbocycles. The van der Waals surface area contributed by atoms with Gasteiger partial charge < -0.3 is 4.74 Å². The van der Waals surface area contributed by atoms with Gasteiger partial charge in [0.05, 0.1) is 4.75 Å². The second-order valence-electron chi connectivity index (χ2n) is 4.20. The zero-order valence-corrected chi connectivity index (χ0v) is 9.36. The number of ether oxygens (including phenoxy) is 1. The molecular weight excluding hydrogens is 192 g/mol. The molecule has 0 heterocycles. The predicted molar refractivity (Wildman–Crippen MR) is 49.5 cm³/mol. The Bertz CT molecular complexity index is 282. The van der Waals surface area contributed by atoms with E-state index in [1.165, 1.54) is 13.8 Å². The second kappa shape index (κ2) is 3.29. The Balaban J connectivity index is 5.17. The van der Waals surface area contributed by atoms with Crippen LogP contribution in [0.5, 0.6) is 0 Å². The summed E-state index contributed by atoms with van der Waals surface area (Å²) in [6.45, 7) is 8.48. The molecule has 0 fully saturated rings. The fraction of sp³-hybridized carbons (Fsp3) is 0.875. The molecule has 13 heavy (non-hydrogen) atoms. The molecule has 0 saturated heterocycles. The summed E-state index contributed by atoms with van der Waals surface area (Å²) in [6.07, 6.45) is 0. The van der Waals surface area contributed by atoms with Crippen molar-refractivity contribution in [3.05, 3.63) is 0 Å². The van der Waals surface area contributed by atoms with Gasteiger partial charge in [-0.3, -0.25) is 0 Å². The lowest BCUT2D eigenvalue weighted by Crippen LogP contribution is -2.45. The van der Waals surface area contributed by atoms with Crippen molar-refractivity contribution in [2.45, 2.75) is 44.3 Å². The third-order valence-electron chi connectivity index (χ3n) is 1.74. The summed E-state index contributed by atoms with van der Waals surface area (Å²) >= 11 is 0. The molecule has 0 aliphatic heterocycles. The molecule has 5 heteroatoms. The molecule has 0 aromatic rings. The van der Waals surface area contributed by atoms with Crippen molar-refractivity contribution >= 4 is 16.3 Å². The summed E-state index contributed by atoms with van der Waals surface area (Å²) < 4.78 is 27.0. The van der Waals surface area contributed by atoms with Gasteiger partial charge in [-0.05, 0) is 34.6 Å². The van der Waals surface area contributed by atoms with Crippen LogP contribution >= 0.6 is 0 Å². The maximum atomic E-state index is 11.8. The monoisotopic (exact) mass is 207 g/mol. The van der Waals surface area contributed by atoms with Crippen LogP contribution in [0.15, 0.2) is 0 Å². The van der Waals surface area contributed by atoms with E-state index in [2.05, 4.69) is 4.74 Å². The fourth-order valence-corrected chi connectivity index (χ4v) is 2.51. The molecule has 4 nitrogen and oxygen atoms in total. The predicted octanol–water partition coefficient (Wildman–Crippen LogP) is 1.02. The second-order valence-corrected chi connectivity index (χ2v) is 7.42. The van der Waals surface area contributed by atoms with E-state index in [0.717, 1.165) is 6.47 Å². The molecule has 0 atom stereocenters. The average Bonchev–Trinajstić information content (AvgIpc) is 1.84. The van der Waals surface area contributed by atoms with E-state index in [-0.39, 0.29) is 0 Å². The minimum Gasteiger partial charge on any atom is -0.435 e. The minimum absolute atomic E-state index is 0.951. The molecule has 0 spiro atoms. The van der Waals surface area contributed by atoms with Crippen molar-refractivity contribution in [3.8, 4) is 0 Å². The molecular formula is C8H15O4S. The Hall–Kier alpha value is -0.580. The van der Waals surface area contributed by atoms with Crippen LogP contribution in [-0.2, 0) is 19.4 Å². The molecule has 0 saturated carbocycles. The van der Waals surface area contributed by atoms with Gasteiger partial charge in [0.1, 0.15) is 0 Å². The number of rotatable bonds is 3. The number of hydrogen-bond acceptors (Lipinski definition) is 4. The summed E-state index contributed by atoms with van der Waals surface area (Å²) in [6, 6.07) is 0. The van der Waals surface area contributed by atoms with Crippen LogP contribution < -0.4 is 0 Å². The molecule has 77 valence electrons. The summed E-state index contributed by atoms with van der Waals surface area (Å²) in [7, 11) is -3.52. The quantitative estimate of drug-likeness (QED) is 0.693. The van der Waals surface area contributed by atoms with Gasteiger partial charge in [0, 0.05) is 0 Å². The van der Waals surface area contributed by atoms with Crippen molar-refractivity contribution in [1.29, 1.82) is 0 Å². The van der Waals surface area contributed by atoms with E-state index >= 15 is 0 Å². The maximum absolute atomic E-state index is 11.8. The highest BCUT2D eigenvalue weighted by molar-refractivity contribution is 7.93. The molecule has 0 N–H and O–H groups in total. The van der Waals surface area contributed by atoms with Gasteiger partial charge in [-0.15, -0.1) is 0 Å². The summed E-state index contributed by atoms with van der Waals surface area (Å²) in [5, 5.41) is 0. The van der Waals surface area contributed by atoms with Crippen molar-refractivity contribution in [3.63, 3.8) is 0 Å². The standard InChI is InChI=1S/C8H15O4S/c1-7(2,3)13(10,11)8(4,5)12-6-9/h1-5H3. The van der Waals surface area contributed by atoms with Gasteiger partial charge >= 0.3 is 6.47 Å². The highest BCUT2D eigenvalue weighted by Crippen LogP contribution is 2.29. The van der Waals surface area contributed by atoms with Gasteiger partial charge in [0.25, 0.3) is 0 Å². The number of hydrogen-bond donors (Lipinski definition) is 0. The molecule has 0 bridgehead atoms. The molecule has 0 rings (SSSR count). The van der Waals surface area contributed by atoms with Crippen molar-refractivity contribution in [1.82, 2.24) is 0 Å². The van der Waals surface area contributed by atoms with E-state index in [9.17, 15) is 13.2 Å². The third-order valence-corrected chi connectivity index (χ3v) is 4.73. The van der Waals surface area contributed by atoms with Crippen molar-refractivity contribution < 1.29 is 17.9 Å². The summed E-state index contributed by atoms with van der Waals surface area (Å²) in [5.74, 6) is 0. The first-order chi connectivity index (χ1) is 5.56. The van der Waals surface area contributed by atoms with Gasteiger partial charge in [-0.25, -0.2) is 13.2 Å². The first-order valence-electron chi connectivity index (χ1n) is 3.85. The van der Waals surface area contributed by atoms with Gasteiger partial charge in [-0.2, -0.15) is 0 Å². The van der Waals surface area contributed by atoms with Crippen LogP contribution in [0.25, 0.3) is 0 Å². The first-order valence-corrected chi connectivity index (χ1v) is 5.34. The summed E-state index contributed by atoms with van der Waals surface area (Å²) in [5.41, 5.74) is 0. The van der Waals surface area contributed by atoms with Crippen LogP contribution in [0.2, 0.25) is 0 Å². The van der Waals surface area contributed by atoms with E-state index < -0.39 is 19.5 Å². The van der Waals surface area contributed by atoms with Crippen LogP contribution in [0.3, 0.4) is 0 Å². The van der Waals surface area contributed by atoms with Crippen LogP contribution in [0, 0.1) is 0 Å². The van der Waals surface area contributed by atoms with Crippen LogP contribution in [0.4, 0.5) is 0 Å². The van der Waals surface area contributed by atoms with E-state index in [1.807, 2.05) is 0 Å². The molecule has 0 aliphatic carbocycles. The zero-order valence-electron chi connectivity index (χ0n) is 8.54. The number of carbonyl (C=O) groups excluding carboxylic acids is 1. The average molecular weight is 207 g/mol. The molecule has 0 aromatic heterocycles. The molecule has 0 aliphatic rings. The van der Waals surface area contributed by atoms with Gasteiger partial charge in [-0.1, -0.05) is 0 Å². The topological polar surface area (TPSA) is 60.4 Å². The maximum Gasteiger partial charge on any atom is 0.419 e.